The van der Waals surface area contributed by atoms with E-state index >= 15 is 0 Å². The summed E-state index contributed by atoms with van der Waals surface area (Å²) in [6, 6.07) is 31.9. The van der Waals surface area contributed by atoms with E-state index < -0.39 is 29.6 Å². The number of para-hydroxylation sites is 3. The maximum absolute atomic E-state index is 13.9. The van der Waals surface area contributed by atoms with Crippen molar-refractivity contribution in [2.75, 3.05) is 7.05 Å². The fraction of sp³-hybridized carbons (Fsp3) is 0.154. The molecule has 2 amide bonds. The van der Waals surface area contributed by atoms with E-state index in [1.54, 1.807) is 63.2 Å². The van der Waals surface area contributed by atoms with Gasteiger partial charge in [-0.15, -0.1) is 0 Å². The van der Waals surface area contributed by atoms with Gasteiger partial charge in [-0.05, 0) is 50.1 Å². The quantitative estimate of drug-likeness (QED) is 0.176. The molecule has 1 aromatic heterocycles. The van der Waals surface area contributed by atoms with Gasteiger partial charge in [0.1, 0.15) is 29.2 Å². The molecule has 0 fully saturated rings. The van der Waals surface area contributed by atoms with Gasteiger partial charge in [-0.2, -0.15) is 0 Å². The summed E-state index contributed by atoms with van der Waals surface area (Å²) < 4.78 is 25.8. The fourth-order valence-corrected chi connectivity index (χ4v) is 5.83. The van der Waals surface area contributed by atoms with Gasteiger partial charge < -0.3 is 18.9 Å². The van der Waals surface area contributed by atoms with Gasteiger partial charge in [-0.1, -0.05) is 84.9 Å². The maximum atomic E-state index is 13.9. The van der Waals surface area contributed by atoms with Crippen LogP contribution < -0.4 is 14.2 Å². The number of nitrogens with zero attached hydrogens (tertiary/aromatic N) is 2. The van der Waals surface area contributed by atoms with Crippen molar-refractivity contribution in [3.05, 3.63) is 144 Å². The van der Waals surface area contributed by atoms with Crippen LogP contribution in [0.4, 0.5) is 4.79 Å². The number of carbonyl (C=O) groups is 3. The van der Waals surface area contributed by atoms with Gasteiger partial charge in [-0.3, -0.25) is 14.5 Å². The molecule has 0 aliphatic carbocycles. The van der Waals surface area contributed by atoms with Gasteiger partial charge >= 0.3 is 6.09 Å². The Balaban J connectivity index is 1.43. The van der Waals surface area contributed by atoms with E-state index in [2.05, 4.69) is 0 Å². The zero-order chi connectivity index (χ0) is 33.6. The molecular formula is C39H32N2O7. The van der Waals surface area contributed by atoms with Gasteiger partial charge in [0, 0.05) is 24.2 Å². The Labute approximate surface area is 277 Å². The summed E-state index contributed by atoms with van der Waals surface area (Å²) in [7, 11) is 1.40. The van der Waals surface area contributed by atoms with Crippen LogP contribution in [0.3, 0.4) is 0 Å². The summed E-state index contributed by atoms with van der Waals surface area (Å²) in [6.07, 6.45) is 1.62. The number of hydrogen-bond acceptors (Lipinski definition) is 7. The van der Waals surface area contributed by atoms with E-state index in [9.17, 15) is 14.4 Å². The molecule has 5 aromatic rings. The Kier molecular flexibility index (Phi) is 7.59. The van der Waals surface area contributed by atoms with E-state index in [4.69, 9.17) is 18.9 Å². The number of hydrogen-bond donors (Lipinski definition) is 0. The van der Waals surface area contributed by atoms with Crippen LogP contribution in [0.2, 0.25) is 0 Å². The minimum atomic E-state index is -0.824. The topological polar surface area (TPSA) is 96.3 Å². The van der Waals surface area contributed by atoms with Crippen LogP contribution in [-0.4, -0.2) is 40.0 Å². The number of amides is 2. The lowest BCUT2D eigenvalue weighted by molar-refractivity contribution is -0.135. The lowest BCUT2D eigenvalue weighted by Gasteiger charge is -2.22. The lowest BCUT2D eigenvalue weighted by atomic mass is 9.99. The smallest absolute Gasteiger partial charge is 0.419 e. The van der Waals surface area contributed by atoms with Crippen LogP contribution >= 0.6 is 0 Å². The SMILES string of the molecule is CN1C(=O)C(C2=COc3ccccc3O2)=C(c2cn(C(=O)OC(C)(C)C)c3c(OC(c4ccccc4)c4ccccc4)cccc23)C1=O. The van der Waals surface area contributed by atoms with Crippen LogP contribution in [0.5, 0.6) is 17.2 Å². The van der Waals surface area contributed by atoms with Gasteiger partial charge in [0.2, 0.25) is 0 Å². The second-order valence-corrected chi connectivity index (χ2v) is 12.4. The van der Waals surface area contributed by atoms with Crippen molar-refractivity contribution >= 4 is 34.4 Å². The van der Waals surface area contributed by atoms with E-state index in [-0.39, 0.29) is 16.9 Å². The molecule has 0 unspecified atom stereocenters. The minimum absolute atomic E-state index is 0.0120. The molecule has 0 bridgehead atoms. The van der Waals surface area contributed by atoms with E-state index in [0.29, 0.717) is 33.7 Å². The van der Waals surface area contributed by atoms with Crippen molar-refractivity contribution in [2.24, 2.45) is 0 Å². The summed E-state index contributed by atoms with van der Waals surface area (Å²) in [5.74, 6) is 0.201. The highest BCUT2D eigenvalue weighted by Crippen LogP contribution is 2.43. The Bertz CT molecular complexity index is 2100. The molecule has 0 N–H and O–H groups in total. The molecule has 0 spiro atoms. The van der Waals surface area contributed by atoms with Crippen molar-refractivity contribution in [1.29, 1.82) is 0 Å². The second-order valence-electron chi connectivity index (χ2n) is 12.4. The number of fused-ring (bicyclic) bond motifs is 2. The molecule has 0 saturated heterocycles. The Morgan fingerprint density at radius 2 is 1.35 bits per heavy atom. The fourth-order valence-electron chi connectivity index (χ4n) is 5.83. The molecule has 48 heavy (non-hydrogen) atoms. The first-order valence-corrected chi connectivity index (χ1v) is 15.5. The van der Waals surface area contributed by atoms with Crippen molar-refractivity contribution in [3.8, 4) is 17.2 Å². The molecule has 7 rings (SSSR count). The van der Waals surface area contributed by atoms with E-state index in [1.165, 1.54) is 24.1 Å². The number of aromatic nitrogens is 1. The van der Waals surface area contributed by atoms with E-state index in [1.807, 2.05) is 60.7 Å². The number of imide groups is 1. The molecule has 9 heteroatoms. The normalized spacial score (nSPS) is 14.5. The molecule has 0 saturated carbocycles. The average molecular weight is 641 g/mol. The van der Waals surface area contributed by atoms with Crippen LogP contribution in [0.25, 0.3) is 16.5 Å². The lowest BCUT2D eigenvalue weighted by Crippen LogP contribution is -2.27. The molecule has 240 valence electrons. The highest BCUT2D eigenvalue weighted by atomic mass is 16.6. The number of benzene rings is 4. The van der Waals surface area contributed by atoms with Crippen molar-refractivity contribution in [2.45, 2.75) is 32.5 Å². The second kappa shape index (κ2) is 11.9. The number of likely N-dealkylation sites (N-methyl/N-ethyl adjacent to an activating group) is 1. The molecule has 2 aliphatic heterocycles. The van der Waals surface area contributed by atoms with Crippen molar-refractivity contribution in [3.63, 3.8) is 0 Å². The van der Waals surface area contributed by atoms with Crippen LogP contribution in [-0.2, 0) is 14.3 Å². The predicted molar refractivity (Wildman–Crippen MR) is 179 cm³/mol. The van der Waals surface area contributed by atoms with Gasteiger partial charge in [0.15, 0.2) is 17.3 Å². The van der Waals surface area contributed by atoms with Crippen molar-refractivity contribution in [1.82, 2.24) is 9.47 Å². The molecule has 0 radical (unpaired) electrons. The largest absolute Gasteiger partial charge is 0.479 e. The Morgan fingerprint density at radius 3 is 2.00 bits per heavy atom. The molecule has 0 atom stereocenters. The molecule has 4 aromatic carbocycles. The third kappa shape index (κ3) is 5.49. The first-order valence-electron chi connectivity index (χ1n) is 15.5. The number of rotatable bonds is 6. The van der Waals surface area contributed by atoms with Gasteiger partial charge in [-0.25, -0.2) is 9.36 Å². The average Bonchev–Trinajstić information content (AvgIpc) is 3.58. The summed E-state index contributed by atoms with van der Waals surface area (Å²) in [5, 5.41) is 0.500. The Hall–Kier alpha value is -6.09. The van der Waals surface area contributed by atoms with Crippen LogP contribution in [0, 0.1) is 0 Å². The summed E-state index contributed by atoms with van der Waals surface area (Å²) in [6.45, 7) is 5.32. The third-order valence-corrected chi connectivity index (χ3v) is 7.99. The van der Waals surface area contributed by atoms with Gasteiger partial charge in [0.25, 0.3) is 11.8 Å². The number of carbonyl (C=O) groups excluding carboxylic acids is 3. The van der Waals surface area contributed by atoms with Crippen LogP contribution in [0.1, 0.15) is 43.6 Å². The van der Waals surface area contributed by atoms with Crippen LogP contribution in [0.15, 0.2) is 127 Å². The standard InChI is InChI=1S/C39H32N2O7/c1-39(2,3)48-38(44)41-22-27(32-33(37(43)40(4)36(32)42)31-23-45-28-19-11-12-20-29(28)46-31)26-18-13-21-30(34(26)41)47-35(24-14-7-5-8-15-24)25-16-9-6-10-17-25/h5-23,35H,1-4H3. The zero-order valence-electron chi connectivity index (χ0n) is 26.8. The monoisotopic (exact) mass is 640 g/mol. The van der Waals surface area contributed by atoms with Crippen molar-refractivity contribution < 1.29 is 33.3 Å². The summed E-state index contributed by atoms with van der Waals surface area (Å²) >= 11 is 0. The first-order chi connectivity index (χ1) is 23.1. The zero-order valence-corrected chi connectivity index (χ0v) is 26.8. The molecule has 9 nitrogen and oxygen atoms in total. The first kappa shape index (κ1) is 30.6. The Morgan fingerprint density at radius 1 is 0.750 bits per heavy atom. The maximum Gasteiger partial charge on any atom is 0.419 e. The van der Waals surface area contributed by atoms with E-state index in [0.717, 1.165) is 16.0 Å². The molecular weight excluding hydrogens is 608 g/mol. The highest BCUT2D eigenvalue weighted by molar-refractivity contribution is 6.38. The molecule has 2 aliphatic rings. The predicted octanol–water partition coefficient (Wildman–Crippen LogP) is 7.66. The third-order valence-electron chi connectivity index (χ3n) is 7.99. The molecule has 3 heterocycles. The minimum Gasteiger partial charge on any atom is -0.479 e. The highest BCUT2D eigenvalue weighted by Gasteiger charge is 2.42. The number of ether oxygens (including phenoxy) is 4. The van der Waals surface area contributed by atoms with Gasteiger partial charge in [0.05, 0.1) is 11.1 Å². The summed E-state index contributed by atoms with van der Waals surface area (Å²) in [5.41, 5.74) is 1.76. The summed E-state index contributed by atoms with van der Waals surface area (Å²) in [4.78, 5) is 42.4.